The summed E-state index contributed by atoms with van der Waals surface area (Å²) in [6.07, 6.45) is 0. The molecule has 2 aromatic rings. The Morgan fingerprint density at radius 2 is 2.25 bits per heavy atom. The average molecular weight is 182 g/mol. The third-order valence-electron chi connectivity index (χ3n) is 1.85. The number of fused-ring (bicyclic) bond motifs is 1. The van der Waals surface area contributed by atoms with Gasteiger partial charge in [0.15, 0.2) is 11.6 Å². The van der Waals surface area contributed by atoms with Gasteiger partial charge in [0.05, 0.1) is 4.70 Å². The Balaban J connectivity index is 2.94. The van der Waals surface area contributed by atoms with Crippen LogP contribution >= 0.6 is 11.3 Å². The molecular formula is C9H7FOS. The van der Waals surface area contributed by atoms with Crippen LogP contribution in [0.2, 0.25) is 0 Å². The molecule has 1 heterocycles. The van der Waals surface area contributed by atoms with E-state index in [-0.39, 0.29) is 5.75 Å². The molecule has 1 aromatic carbocycles. The smallest absolute Gasteiger partial charge is 0.182 e. The minimum atomic E-state index is -0.500. The van der Waals surface area contributed by atoms with Crippen molar-refractivity contribution in [2.75, 3.05) is 0 Å². The summed E-state index contributed by atoms with van der Waals surface area (Å²) in [6.45, 7) is 1.69. The van der Waals surface area contributed by atoms with Crippen LogP contribution in [0.25, 0.3) is 10.1 Å². The van der Waals surface area contributed by atoms with Crippen molar-refractivity contribution in [2.45, 2.75) is 6.92 Å². The van der Waals surface area contributed by atoms with Crippen molar-refractivity contribution in [3.63, 3.8) is 0 Å². The third-order valence-corrected chi connectivity index (χ3v) is 2.77. The quantitative estimate of drug-likeness (QED) is 0.663. The van der Waals surface area contributed by atoms with Crippen LogP contribution in [0.3, 0.4) is 0 Å². The van der Waals surface area contributed by atoms with Crippen LogP contribution in [0.5, 0.6) is 5.75 Å². The van der Waals surface area contributed by atoms with E-state index in [2.05, 4.69) is 0 Å². The molecule has 0 amide bonds. The maximum Gasteiger partial charge on any atom is 0.182 e. The first kappa shape index (κ1) is 7.55. The lowest BCUT2D eigenvalue weighted by molar-refractivity contribution is 0.433. The molecule has 0 radical (unpaired) electrons. The summed E-state index contributed by atoms with van der Waals surface area (Å²) in [6, 6.07) is 3.62. The largest absolute Gasteiger partial charge is 0.505 e. The Hall–Kier alpha value is -1.09. The fraction of sp³-hybridized carbons (Fsp3) is 0.111. The lowest BCUT2D eigenvalue weighted by atomic mass is 10.1. The van der Waals surface area contributed by atoms with Crippen LogP contribution in [0, 0.1) is 12.7 Å². The van der Waals surface area contributed by atoms with Gasteiger partial charge in [-0.15, -0.1) is 11.3 Å². The predicted molar refractivity (Wildman–Crippen MR) is 48.2 cm³/mol. The molecule has 0 fully saturated rings. The van der Waals surface area contributed by atoms with Crippen molar-refractivity contribution in [3.8, 4) is 5.75 Å². The zero-order valence-corrected chi connectivity index (χ0v) is 7.28. The van der Waals surface area contributed by atoms with Crippen molar-refractivity contribution < 1.29 is 9.50 Å². The highest BCUT2D eigenvalue weighted by atomic mass is 32.1. The maximum absolute atomic E-state index is 13.3. The number of phenolic OH excluding ortho intramolecular Hbond substituents is 1. The predicted octanol–water partition coefficient (Wildman–Crippen LogP) is 3.05. The fourth-order valence-corrected chi connectivity index (χ4v) is 2.01. The highest BCUT2D eigenvalue weighted by molar-refractivity contribution is 7.17. The van der Waals surface area contributed by atoms with Gasteiger partial charge in [0, 0.05) is 0 Å². The van der Waals surface area contributed by atoms with Gasteiger partial charge < -0.3 is 5.11 Å². The first-order valence-corrected chi connectivity index (χ1v) is 4.43. The molecule has 0 aliphatic heterocycles. The molecule has 0 aliphatic carbocycles. The molecule has 0 aliphatic rings. The van der Waals surface area contributed by atoms with Crippen LogP contribution in [0.15, 0.2) is 17.5 Å². The van der Waals surface area contributed by atoms with E-state index >= 15 is 0 Å². The molecule has 3 heteroatoms. The second kappa shape index (κ2) is 2.45. The van der Waals surface area contributed by atoms with E-state index in [9.17, 15) is 9.50 Å². The van der Waals surface area contributed by atoms with Crippen molar-refractivity contribution in [3.05, 3.63) is 28.9 Å². The second-order valence-corrected chi connectivity index (χ2v) is 3.61. The van der Waals surface area contributed by atoms with Gasteiger partial charge in [-0.25, -0.2) is 4.39 Å². The second-order valence-electron chi connectivity index (χ2n) is 2.70. The van der Waals surface area contributed by atoms with E-state index in [0.717, 1.165) is 5.39 Å². The van der Waals surface area contributed by atoms with E-state index in [1.807, 2.05) is 11.4 Å². The Morgan fingerprint density at radius 1 is 1.50 bits per heavy atom. The van der Waals surface area contributed by atoms with Crippen molar-refractivity contribution in [2.24, 2.45) is 0 Å². The van der Waals surface area contributed by atoms with Gasteiger partial charge >= 0.3 is 0 Å². The normalized spacial score (nSPS) is 10.8. The highest BCUT2D eigenvalue weighted by Gasteiger charge is 2.09. The molecule has 1 nitrogen and oxygen atoms in total. The standard InChI is InChI=1S/C9H7FOS/c1-5-4-6-2-3-12-9(6)7(10)8(5)11/h2-4,11H,1H3. The molecule has 12 heavy (non-hydrogen) atoms. The maximum atomic E-state index is 13.3. The zero-order valence-electron chi connectivity index (χ0n) is 6.47. The summed E-state index contributed by atoms with van der Waals surface area (Å²) in [5.41, 5.74) is 0.582. The molecule has 1 N–H and O–H groups in total. The topological polar surface area (TPSA) is 20.2 Å². The van der Waals surface area contributed by atoms with Crippen LogP contribution in [0.4, 0.5) is 4.39 Å². The Morgan fingerprint density at radius 3 is 3.00 bits per heavy atom. The zero-order chi connectivity index (χ0) is 8.72. The molecule has 62 valence electrons. The lowest BCUT2D eigenvalue weighted by Crippen LogP contribution is -1.80. The third kappa shape index (κ3) is 0.898. The number of phenols is 1. The Labute approximate surface area is 73.1 Å². The van der Waals surface area contributed by atoms with Gasteiger partial charge in [-0.3, -0.25) is 0 Å². The number of thiophene rings is 1. The lowest BCUT2D eigenvalue weighted by Gasteiger charge is -2.00. The van der Waals surface area contributed by atoms with Crippen molar-refractivity contribution in [1.29, 1.82) is 0 Å². The minimum absolute atomic E-state index is 0.232. The van der Waals surface area contributed by atoms with Gasteiger partial charge in [0.1, 0.15) is 0 Å². The van der Waals surface area contributed by atoms with Gasteiger partial charge in [-0.1, -0.05) is 0 Å². The van der Waals surface area contributed by atoms with Crippen LogP contribution in [-0.2, 0) is 0 Å². The van der Waals surface area contributed by atoms with Crippen LogP contribution in [0.1, 0.15) is 5.56 Å². The average Bonchev–Trinajstić information content (AvgIpc) is 2.48. The molecule has 2 rings (SSSR count). The van der Waals surface area contributed by atoms with E-state index in [0.29, 0.717) is 10.3 Å². The summed E-state index contributed by atoms with van der Waals surface area (Å²) in [4.78, 5) is 0. The Bertz CT molecular complexity index is 433. The molecule has 1 aromatic heterocycles. The fourth-order valence-electron chi connectivity index (χ4n) is 1.19. The Kier molecular flexibility index (Phi) is 1.54. The number of aryl methyl sites for hydroxylation is 1. The van der Waals surface area contributed by atoms with Crippen LogP contribution in [-0.4, -0.2) is 5.11 Å². The summed E-state index contributed by atoms with van der Waals surface area (Å²) in [5.74, 6) is -0.732. The van der Waals surface area contributed by atoms with E-state index in [1.54, 1.807) is 13.0 Å². The molecule has 0 spiro atoms. The van der Waals surface area contributed by atoms with E-state index in [4.69, 9.17) is 0 Å². The van der Waals surface area contributed by atoms with Crippen molar-refractivity contribution >= 4 is 21.4 Å². The summed E-state index contributed by atoms with van der Waals surface area (Å²) in [5, 5.41) is 11.9. The van der Waals surface area contributed by atoms with E-state index in [1.165, 1.54) is 11.3 Å². The van der Waals surface area contributed by atoms with Gasteiger partial charge in [0.2, 0.25) is 0 Å². The number of halogens is 1. The highest BCUT2D eigenvalue weighted by Crippen LogP contribution is 2.32. The number of aromatic hydroxyl groups is 1. The number of hydrogen-bond acceptors (Lipinski definition) is 2. The number of hydrogen-bond donors (Lipinski definition) is 1. The SMILES string of the molecule is Cc1cc2ccsc2c(F)c1O. The molecule has 0 saturated carbocycles. The van der Waals surface area contributed by atoms with Crippen LogP contribution < -0.4 is 0 Å². The number of benzene rings is 1. The van der Waals surface area contributed by atoms with Gasteiger partial charge in [0.25, 0.3) is 0 Å². The summed E-state index contributed by atoms with van der Waals surface area (Å²) in [7, 11) is 0. The van der Waals surface area contributed by atoms with Gasteiger partial charge in [-0.2, -0.15) is 0 Å². The van der Waals surface area contributed by atoms with E-state index < -0.39 is 5.82 Å². The molecule has 0 bridgehead atoms. The molecule has 0 atom stereocenters. The molecule has 0 saturated heterocycles. The first-order chi connectivity index (χ1) is 5.70. The number of rotatable bonds is 0. The summed E-state index contributed by atoms with van der Waals surface area (Å²) >= 11 is 1.30. The first-order valence-electron chi connectivity index (χ1n) is 3.55. The molecular weight excluding hydrogens is 175 g/mol. The van der Waals surface area contributed by atoms with Crippen molar-refractivity contribution in [1.82, 2.24) is 0 Å². The summed E-state index contributed by atoms with van der Waals surface area (Å²) < 4.78 is 13.8. The monoisotopic (exact) mass is 182 g/mol. The van der Waals surface area contributed by atoms with Gasteiger partial charge in [-0.05, 0) is 35.4 Å². The molecule has 0 unspecified atom stereocenters. The minimum Gasteiger partial charge on any atom is -0.505 e.